The molecular formula is C20H27N5O. The number of piperidine rings is 1. The van der Waals surface area contributed by atoms with Gasteiger partial charge in [0, 0.05) is 35.6 Å². The van der Waals surface area contributed by atoms with Crippen LogP contribution in [0.15, 0.2) is 6.33 Å². The minimum atomic E-state index is 0.567. The number of hydrogen-bond donors (Lipinski definition) is 0. The van der Waals surface area contributed by atoms with Crippen LogP contribution in [0.5, 0.6) is 5.88 Å². The Morgan fingerprint density at radius 1 is 1.08 bits per heavy atom. The Labute approximate surface area is 155 Å². The molecule has 1 saturated heterocycles. The second kappa shape index (κ2) is 7.17. The normalized spacial score (nSPS) is 17.4. The van der Waals surface area contributed by atoms with Gasteiger partial charge in [-0.15, -0.1) is 0 Å². The van der Waals surface area contributed by atoms with Gasteiger partial charge in [-0.05, 0) is 58.8 Å². The Balaban J connectivity index is 1.37. The Morgan fingerprint density at radius 2 is 1.88 bits per heavy atom. The van der Waals surface area contributed by atoms with Gasteiger partial charge < -0.3 is 9.64 Å². The lowest BCUT2D eigenvalue weighted by atomic mass is 9.97. The van der Waals surface area contributed by atoms with Gasteiger partial charge in [-0.2, -0.15) is 0 Å². The first-order valence-electron chi connectivity index (χ1n) is 9.64. The van der Waals surface area contributed by atoms with E-state index in [0.29, 0.717) is 5.92 Å². The highest BCUT2D eigenvalue weighted by atomic mass is 16.5. The summed E-state index contributed by atoms with van der Waals surface area (Å²) in [5.74, 6) is 3.38. The van der Waals surface area contributed by atoms with Crippen molar-refractivity contribution in [1.82, 2.24) is 19.9 Å². The zero-order chi connectivity index (χ0) is 18.1. The summed E-state index contributed by atoms with van der Waals surface area (Å²) in [5.41, 5.74) is 4.68. The molecular weight excluding hydrogens is 326 g/mol. The van der Waals surface area contributed by atoms with E-state index in [-0.39, 0.29) is 0 Å². The highest BCUT2D eigenvalue weighted by Crippen LogP contribution is 2.31. The van der Waals surface area contributed by atoms with E-state index < -0.39 is 0 Å². The molecule has 6 nitrogen and oxygen atoms in total. The van der Waals surface area contributed by atoms with Gasteiger partial charge in [-0.25, -0.2) is 19.9 Å². The Kier molecular flexibility index (Phi) is 4.74. The molecule has 0 bridgehead atoms. The molecule has 1 aliphatic heterocycles. The summed E-state index contributed by atoms with van der Waals surface area (Å²) in [5, 5.41) is 0. The molecule has 2 aliphatic rings. The summed E-state index contributed by atoms with van der Waals surface area (Å²) in [6.07, 6.45) is 7.27. The standard InChI is InChI=1S/C20H27N5O/c1-13-14(2)21-12-22-20(13)26-11-16-7-9-25(10-8-16)19-17-5-4-6-18(17)23-15(3)24-19/h12,16H,4-11H2,1-3H3. The molecule has 1 fully saturated rings. The van der Waals surface area contributed by atoms with Crippen molar-refractivity contribution in [2.45, 2.75) is 52.9 Å². The van der Waals surface area contributed by atoms with E-state index in [2.05, 4.69) is 19.9 Å². The van der Waals surface area contributed by atoms with Crippen molar-refractivity contribution >= 4 is 5.82 Å². The topological polar surface area (TPSA) is 64.0 Å². The SMILES string of the molecule is Cc1nc2c(c(N3CCC(COc4ncnc(C)c4C)CC3)n1)CCC2. The number of rotatable bonds is 4. The van der Waals surface area contributed by atoms with Crippen molar-refractivity contribution in [3.8, 4) is 5.88 Å². The van der Waals surface area contributed by atoms with Crippen molar-refractivity contribution in [3.05, 3.63) is 34.7 Å². The third-order valence-corrected chi connectivity index (χ3v) is 5.68. The predicted octanol–water partition coefficient (Wildman–Crippen LogP) is 2.98. The van der Waals surface area contributed by atoms with Gasteiger partial charge in [0.2, 0.25) is 5.88 Å². The van der Waals surface area contributed by atoms with Crippen molar-refractivity contribution in [2.75, 3.05) is 24.6 Å². The van der Waals surface area contributed by atoms with Crippen LogP contribution in [0.2, 0.25) is 0 Å². The molecule has 0 aromatic carbocycles. The van der Waals surface area contributed by atoms with E-state index >= 15 is 0 Å². The molecule has 0 saturated carbocycles. The number of aromatic nitrogens is 4. The van der Waals surface area contributed by atoms with E-state index in [1.54, 1.807) is 6.33 Å². The average Bonchev–Trinajstić information content (AvgIpc) is 3.11. The molecule has 0 atom stereocenters. The zero-order valence-corrected chi connectivity index (χ0v) is 16.0. The van der Waals surface area contributed by atoms with E-state index in [1.807, 2.05) is 20.8 Å². The summed E-state index contributed by atoms with van der Waals surface area (Å²) in [6, 6.07) is 0. The van der Waals surface area contributed by atoms with Crippen molar-refractivity contribution in [3.63, 3.8) is 0 Å². The molecule has 3 heterocycles. The average molecular weight is 353 g/mol. The monoisotopic (exact) mass is 353 g/mol. The van der Waals surface area contributed by atoms with Crippen molar-refractivity contribution in [2.24, 2.45) is 5.92 Å². The Hall–Kier alpha value is -2.24. The first-order chi connectivity index (χ1) is 12.6. The van der Waals surface area contributed by atoms with Crippen LogP contribution in [-0.2, 0) is 12.8 Å². The lowest BCUT2D eigenvalue weighted by Gasteiger charge is -2.33. The number of fused-ring (bicyclic) bond motifs is 1. The third-order valence-electron chi connectivity index (χ3n) is 5.68. The van der Waals surface area contributed by atoms with Gasteiger partial charge in [-0.3, -0.25) is 0 Å². The van der Waals surface area contributed by atoms with Crippen LogP contribution < -0.4 is 9.64 Å². The maximum Gasteiger partial charge on any atom is 0.219 e. The highest BCUT2D eigenvalue weighted by Gasteiger charge is 2.26. The van der Waals surface area contributed by atoms with Gasteiger partial charge in [0.25, 0.3) is 0 Å². The van der Waals surface area contributed by atoms with E-state index in [0.717, 1.165) is 68.3 Å². The van der Waals surface area contributed by atoms with Gasteiger partial charge in [0.05, 0.1) is 6.61 Å². The molecule has 0 radical (unpaired) electrons. The molecule has 0 unspecified atom stereocenters. The number of nitrogens with zero attached hydrogens (tertiary/aromatic N) is 5. The van der Waals surface area contributed by atoms with Crippen LogP contribution in [0.3, 0.4) is 0 Å². The summed E-state index contributed by atoms with van der Waals surface area (Å²) >= 11 is 0. The van der Waals surface area contributed by atoms with E-state index in [1.165, 1.54) is 23.5 Å². The smallest absolute Gasteiger partial charge is 0.219 e. The first kappa shape index (κ1) is 17.2. The van der Waals surface area contributed by atoms with Gasteiger partial charge in [0.1, 0.15) is 18.0 Å². The summed E-state index contributed by atoms with van der Waals surface area (Å²) in [7, 11) is 0. The van der Waals surface area contributed by atoms with Crippen molar-refractivity contribution < 1.29 is 4.74 Å². The van der Waals surface area contributed by atoms with E-state index in [9.17, 15) is 0 Å². The van der Waals surface area contributed by atoms with Crippen molar-refractivity contribution in [1.29, 1.82) is 0 Å². The third kappa shape index (κ3) is 3.37. The minimum Gasteiger partial charge on any atom is -0.477 e. The lowest BCUT2D eigenvalue weighted by molar-refractivity contribution is 0.214. The number of hydrogen-bond acceptors (Lipinski definition) is 6. The second-order valence-electron chi connectivity index (χ2n) is 7.50. The maximum atomic E-state index is 6.00. The Bertz CT molecular complexity index is 799. The van der Waals surface area contributed by atoms with Gasteiger partial charge in [0.15, 0.2) is 0 Å². The fourth-order valence-corrected chi connectivity index (χ4v) is 3.96. The number of aryl methyl sites for hydroxylation is 3. The fourth-order valence-electron chi connectivity index (χ4n) is 3.96. The lowest BCUT2D eigenvalue weighted by Crippen LogP contribution is -2.37. The Morgan fingerprint density at radius 3 is 2.69 bits per heavy atom. The summed E-state index contributed by atoms with van der Waals surface area (Å²) < 4.78 is 6.00. The number of ether oxygens (including phenoxy) is 1. The molecule has 6 heteroatoms. The molecule has 0 spiro atoms. The number of anilines is 1. The van der Waals surface area contributed by atoms with Crippen LogP contribution in [0.1, 0.15) is 47.6 Å². The quantitative estimate of drug-likeness (QED) is 0.842. The molecule has 0 N–H and O–H groups in total. The van der Waals surface area contributed by atoms with Crippen LogP contribution in [0.4, 0.5) is 5.82 Å². The minimum absolute atomic E-state index is 0.567. The molecule has 0 amide bonds. The van der Waals surface area contributed by atoms with Crippen LogP contribution in [0.25, 0.3) is 0 Å². The highest BCUT2D eigenvalue weighted by molar-refractivity contribution is 5.51. The van der Waals surface area contributed by atoms with E-state index in [4.69, 9.17) is 9.72 Å². The largest absolute Gasteiger partial charge is 0.477 e. The molecule has 1 aliphatic carbocycles. The molecule has 138 valence electrons. The molecule has 2 aromatic rings. The van der Waals surface area contributed by atoms with Crippen LogP contribution in [0, 0.1) is 26.7 Å². The molecule has 26 heavy (non-hydrogen) atoms. The molecule has 2 aromatic heterocycles. The summed E-state index contributed by atoms with van der Waals surface area (Å²) in [4.78, 5) is 20.3. The summed E-state index contributed by atoms with van der Waals surface area (Å²) in [6.45, 7) is 8.83. The van der Waals surface area contributed by atoms with Crippen LogP contribution in [-0.4, -0.2) is 39.6 Å². The van der Waals surface area contributed by atoms with Gasteiger partial charge in [-0.1, -0.05) is 0 Å². The van der Waals surface area contributed by atoms with Gasteiger partial charge >= 0.3 is 0 Å². The molecule has 4 rings (SSSR count). The first-order valence-corrected chi connectivity index (χ1v) is 9.64. The maximum absolute atomic E-state index is 6.00. The fraction of sp³-hybridized carbons (Fsp3) is 0.600. The zero-order valence-electron chi connectivity index (χ0n) is 16.0. The second-order valence-corrected chi connectivity index (χ2v) is 7.50. The predicted molar refractivity (Wildman–Crippen MR) is 101 cm³/mol. The van der Waals surface area contributed by atoms with Crippen LogP contribution >= 0.6 is 0 Å².